The van der Waals surface area contributed by atoms with Crippen molar-refractivity contribution in [2.45, 2.75) is 399 Å². The average molecular weight is 1700 g/mol. The van der Waals surface area contributed by atoms with E-state index in [-0.39, 0.29) is 19.3 Å². The van der Waals surface area contributed by atoms with Crippen LogP contribution in [0.3, 0.4) is 0 Å². The smallest absolute Gasteiger partial charge is 0.463 e. The van der Waals surface area contributed by atoms with Crippen molar-refractivity contribution in [2.24, 2.45) is 0 Å². The summed E-state index contributed by atoms with van der Waals surface area (Å²) < 4.78 is 61.6. The Hall–Kier alpha value is -5.35. The minimum Gasteiger partial charge on any atom is -0.463 e. The van der Waals surface area contributed by atoms with E-state index in [9.17, 15) is 43.5 Å². The van der Waals surface area contributed by atoms with Crippen LogP contribution in [0.25, 0.3) is 0 Å². The van der Waals surface area contributed by atoms with Crippen LogP contribution < -0.4 is 0 Å². The first-order valence-corrected chi connectivity index (χ1v) is 50.1. The molecule has 0 aliphatic heterocycles. The number of hydrogen-bond donors (Lipinski definition) is 4. The highest BCUT2D eigenvalue weighted by Gasteiger charge is 2.29. The highest BCUT2D eigenvalue weighted by molar-refractivity contribution is 7.47. The van der Waals surface area contributed by atoms with E-state index in [0.717, 1.165) is 193 Å². The van der Waals surface area contributed by atoms with Crippen molar-refractivity contribution in [1.29, 1.82) is 0 Å². The van der Waals surface area contributed by atoms with Crippen LogP contribution in [-0.2, 0) is 55.8 Å². The molecule has 5 unspecified atom stereocenters. The first-order valence-electron chi connectivity index (χ1n) is 47.1. The number of unbranched alkanes of at least 4 members (excludes halogenated alkanes) is 35. The number of phosphoric acid groups is 2. The molecule has 0 amide bonds. The van der Waals surface area contributed by atoms with E-state index < -0.39 is 91.5 Å². The molecule has 680 valence electrons. The summed E-state index contributed by atoms with van der Waals surface area (Å²) in [4.78, 5) is 59.1. The van der Waals surface area contributed by atoms with Crippen molar-refractivity contribution in [3.8, 4) is 0 Å². The number of carbonyl (C=O) groups excluding carboxylic acids is 3. The minimum absolute atomic E-state index is 0.0923. The second-order valence-electron chi connectivity index (χ2n) is 31.0. The van der Waals surface area contributed by atoms with Crippen LogP contribution in [0.15, 0.2) is 182 Å². The standard InChI is InChI=1S/C101H170O16P2/c1-4-7-10-13-16-19-22-25-28-31-34-37-40-43-46-47-50-52-54-57-60-63-66-69-72-75-78-81-84-87-99(104)111-90-96(102)91-113-118(107,108)114-92-97(103)93-115-119(109,110)116-95-98(117-101(106)89-86-83-80-77-74-71-68-65-62-59-56-53-49-45-42-39-36-33-30-27-24-21-18-15-12-9-6-3)94-112-100(105)88-85-82-79-76-73-70-67-64-61-58-55-51-48-44-41-38-35-32-29-26-23-20-17-14-11-8-5-2/h8-9,11-12,16-21,25-30,34-39,43-46,48-49,55,58,96-98,102-103H,4-7,10,13-15,22-24,31-33,40-42,47,50-54,56-57,59-95H2,1-3H3,(H,107,108)(H,109,110)/b11-8-,12-9-,19-16-,20-17-,21-18-,28-25-,29-26-,30-27-,37-34-,38-35-,39-36-,46-43-,48-44-,49-45-,58-55-. The zero-order chi connectivity index (χ0) is 86.5. The molecule has 0 aromatic rings. The fourth-order valence-corrected chi connectivity index (χ4v) is 14.1. The van der Waals surface area contributed by atoms with Gasteiger partial charge in [0.25, 0.3) is 0 Å². The molecule has 0 aromatic heterocycles. The van der Waals surface area contributed by atoms with Crippen LogP contribution >= 0.6 is 15.6 Å². The summed E-state index contributed by atoms with van der Waals surface area (Å²) in [5.74, 6) is -1.59. The van der Waals surface area contributed by atoms with Crippen LogP contribution in [0, 0.1) is 0 Å². The Labute approximate surface area is 725 Å². The number of phosphoric ester groups is 2. The summed E-state index contributed by atoms with van der Waals surface area (Å²) in [6.07, 6.45) is 121. The Bertz CT molecular complexity index is 2890. The van der Waals surface area contributed by atoms with Gasteiger partial charge in [-0.1, -0.05) is 383 Å². The van der Waals surface area contributed by atoms with Gasteiger partial charge in [-0.2, -0.15) is 0 Å². The van der Waals surface area contributed by atoms with E-state index in [1.165, 1.54) is 128 Å². The van der Waals surface area contributed by atoms with Gasteiger partial charge in [0.15, 0.2) is 6.10 Å². The Kier molecular flexibility index (Phi) is 87.7. The van der Waals surface area contributed by atoms with Crippen LogP contribution in [0.4, 0.5) is 0 Å². The summed E-state index contributed by atoms with van der Waals surface area (Å²) in [6, 6.07) is 0. The Morgan fingerprint density at radius 2 is 0.445 bits per heavy atom. The number of aliphatic hydroxyl groups is 2. The van der Waals surface area contributed by atoms with Gasteiger partial charge in [-0.05, 0) is 161 Å². The van der Waals surface area contributed by atoms with Crippen molar-refractivity contribution in [3.63, 3.8) is 0 Å². The maximum Gasteiger partial charge on any atom is 0.472 e. The van der Waals surface area contributed by atoms with Gasteiger partial charge in [-0.25, -0.2) is 9.13 Å². The Balaban J connectivity index is 4.68. The van der Waals surface area contributed by atoms with Crippen LogP contribution in [-0.4, -0.2) is 95.9 Å². The van der Waals surface area contributed by atoms with E-state index in [1.54, 1.807) is 0 Å². The van der Waals surface area contributed by atoms with Crippen LogP contribution in [0.1, 0.15) is 380 Å². The molecule has 4 N–H and O–H groups in total. The van der Waals surface area contributed by atoms with Crippen molar-refractivity contribution in [1.82, 2.24) is 0 Å². The van der Waals surface area contributed by atoms with Gasteiger partial charge in [-0.15, -0.1) is 0 Å². The van der Waals surface area contributed by atoms with E-state index in [1.807, 2.05) is 0 Å². The summed E-state index contributed by atoms with van der Waals surface area (Å²) in [5, 5.41) is 20.8. The van der Waals surface area contributed by atoms with Gasteiger partial charge in [-0.3, -0.25) is 32.5 Å². The predicted octanol–water partition coefficient (Wildman–Crippen LogP) is 29.2. The minimum atomic E-state index is -4.95. The van der Waals surface area contributed by atoms with Gasteiger partial charge in [0.05, 0.1) is 26.4 Å². The second kappa shape index (κ2) is 91.8. The molecular formula is C101H170O16P2. The number of ether oxygens (including phenoxy) is 3. The molecule has 5 atom stereocenters. The normalized spacial score (nSPS) is 14.6. The summed E-state index contributed by atoms with van der Waals surface area (Å²) in [5.41, 5.74) is 0. The molecular weight excluding hydrogens is 1530 g/mol. The first-order chi connectivity index (χ1) is 58.2. The van der Waals surface area contributed by atoms with E-state index >= 15 is 0 Å². The summed E-state index contributed by atoms with van der Waals surface area (Å²) in [7, 11) is -9.82. The fourth-order valence-electron chi connectivity index (χ4n) is 12.5. The Morgan fingerprint density at radius 3 is 0.706 bits per heavy atom. The summed E-state index contributed by atoms with van der Waals surface area (Å²) in [6.45, 7) is 2.45. The first kappa shape index (κ1) is 114. The lowest BCUT2D eigenvalue weighted by Crippen LogP contribution is -2.30. The molecule has 0 heterocycles. The SMILES string of the molecule is CC/C=C\C/C=C\C/C=C\C/C=C\C/C=C\C/C=C\CCCCCCCCCCC(=O)OCC(COP(=O)(O)OCC(O)COP(=O)(O)OCC(O)COC(=O)CCCCCCCCCCCCCCC/C=C\C/C=C\C/C=C\C/C=C\CCCCC)OC(=O)CCCCCCCCCCCCC/C=C\C/C=C\C/C=C\C/C=C\C/C=C\CC. The van der Waals surface area contributed by atoms with Gasteiger partial charge in [0, 0.05) is 19.3 Å². The number of rotatable bonds is 88. The second-order valence-corrected chi connectivity index (χ2v) is 34.0. The number of aliphatic hydroxyl groups excluding tert-OH is 2. The van der Waals surface area contributed by atoms with Crippen LogP contribution in [0.2, 0.25) is 0 Å². The molecule has 0 aliphatic rings. The molecule has 119 heavy (non-hydrogen) atoms. The van der Waals surface area contributed by atoms with E-state index in [0.29, 0.717) is 19.3 Å². The molecule has 0 radical (unpaired) electrons. The molecule has 0 saturated carbocycles. The lowest BCUT2D eigenvalue weighted by molar-refractivity contribution is -0.161. The molecule has 0 rings (SSSR count). The predicted molar refractivity (Wildman–Crippen MR) is 500 cm³/mol. The third-order valence-corrected chi connectivity index (χ3v) is 21.5. The van der Waals surface area contributed by atoms with Crippen molar-refractivity contribution in [2.75, 3.05) is 39.6 Å². The van der Waals surface area contributed by atoms with Gasteiger partial charge in [0.1, 0.15) is 25.4 Å². The molecule has 0 aromatic carbocycles. The van der Waals surface area contributed by atoms with Gasteiger partial charge in [0.2, 0.25) is 0 Å². The third kappa shape index (κ3) is 93.2. The monoisotopic (exact) mass is 1700 g/mol. The number of allylic oxidation sites excluding steroid dienone is 30. The third-order valence-electron chi connectivity index (χ3n) is 19.6. The van der Waals surface area contributed by atoms with E-state index in [4.69, 9.17) is 32.3 Å². The summed E-state index contributed by atoms with van der Waals surface area (Å²) >= 11 is 0. The molecule has 0 spiro atoms. The maximum atomic E-state index is 13.1. The molecule has 0 saturated heterocycles. The van der Waals surface area contributed by atoms with Crippen molar-refractivity contribution >= 4 is 33.6 Å². The average Bonchev–Trinajstić information content (AvgIpc) is 0.903. The molecule has 16 nitrogen and oxygen atoms in total. The lowest BCUT2D eigenvalue weighted by Gasteiger charge is -2.21. The molecule has 0 fully saturated rings. The highest BCUT2D eigenvalue weighted by Crippen LogP contribution is 2.45. The van der Waals surface area contributed by atoms with Crippen molar-refractivity contribution in [3.05, 3.63) is 182 Å². The fraction of sp³-hybridized carbons (Fsp3) is 0.673. The molecule has 0 bridgehead atoms. The topological polar surface area (TPSA) is 231 Å². The van der Waals surface area contributed by atoms with Gasteiger partial charge < -0.3 is 34.2 Å². The number of hydrogen-bond acceptors (Lipinski definition) is 14. The quantitative estimate of drug-likeness (QED) is 0.0146. The number of carbonyl (C=O) groups is 3. The largest absolute Gasteiger partial charge is 0.472 e. The number of esters is 3. The highest BCUT2D eigenvalue weighted by atomic mass is 31.2. The maximum absolute atomic E-state index is 13.1. The van der Waals surface area contributed by atoms with Crippen molar-refractivity contribution < 1.29 is 75.8 Å². The molecule has 18 heteroatoms. The van der Waals surface area contributed by atoms with Gasteiger partial charge >= 0.3 is 33.6 Å². The Morgan fingerprint density at radius 1 is 0.244 bits per heavy atom. The zero-order valence-corrected chi connectivity index (χ0v) is 76.8. The van der Waals surface area contributed by atoms with E-state index in [2.05, 4.69) is 203 Å². The lowest BCUT2D eigenvalue weighted by atomic mass is 10.0. The zero-order valence-electron chi connectivity index (χ0n) is 75.0. The van der Waals surface area contributed by atoms with Crippen LogP contribution in [0.5, 0.6) is 0 Å². The molecule has 0 aliphatic carbocycles.